The molecule has 1 unspecified atom stereocenters. The van der Waals surface area contributed by atoms with Crippen molar-refractivity contribution in [2.24, 2.45) is 4.99 Å². The number of aliphatic imine (C=N–C) groups is 1. The van der Waals surface area contributed by atoms with Crippen LogP contribution < -0.4 is 10.6 Å². The first-order valence-electron chi connectivity index (χ1n) is 8.77. The van der Waals surface area contributed by atoms with Crippen LogP contribution in [0.1, 0.15) is 45.1 Å². The Balaban J connectivity index is 1.86. The number of rotatable bonds is 8. The molecule has 6 heteroatoms. The van der Waals surface area contributed by atoms with Gasteiger partial charge in [0.1, 0.15) is 6.54 Å². The maximum absolute atomic E-state index is 5.34. The van der Waals surface area contributed by atoms with Gasteiger partial charge in [0.25, 0.3) is 0 Å². The van der Waals surface area contributed by atoms with Crippen LogP contribution in [0.25, 0.3) is 0 Å². The molecular formula is C19H28N4OS. The molecule has 0 saturated carbocycles. The quantitative estimate of drug-likeness (QED) is 0.423. The van der Waals surface area contributed by atoms with Gasteiger partial charge in [-0.15, -0.1) is 11.8 Å². The van der Waals surface area contributed by atoms with Gasteiger partial charge in [-0.1, -0.05) is 44.1 Å². The number of benzene rings is 1. The third-order valence-corrected chi connectivity index (χ3v) is 4.66. The lowest BCUT2D eigenvalue weighted by molar-refractivity contribution is 0.376. The van der Waals surface area contributed by atoms with Crippen molar-refractivity contribution in [2.75, 3.05) is 13.1 Å². The highest BCUT2D eigenvalue weighted by Gasteiger charge is 2.09. The van der Waals surface area contributed by atoms with Gasteiger partial charge in [-0.25, -0.2) is 4.99 Å². The number of thioether (sulfide) groups is 1. The molecule has 2 N–H and O–H groups in total. The van der Waals surface area contributed by atoms with Crippen LogP contribution in [0.15, 0.2) is 50.8 Å². The van der Waals surface area contributed by atoms with Gasteiger partial charge in [0.15, 0.2) is 11.7 Å². The maximum atomic E-state index is 5.34. The van der Waals surface area contributed by atoms with E-state index in [1.165, 1.54) is 4.90 Å². The van der Waals surface area contributed by atoms with Crippen molar-refractivity contribution in [3.63, 3.8) is 0 Å². The summed E-state index contributed by atoms with van der Waals surface area (Å²) in [6, 6.07) is 12.4. The van der Waals surface area contributed by atoms with E-state index < -0.39 is 0 Å². The highest BCUT2D eigenvalue weighted by atomic mass is 32.2. The molecule has 0 fully saturated rings. The predicted molar refractivity (Wildman–Crippen MR) is 105 cm³/mol. The highest BCUT2D eigenvalue weighted by Crippen LogP contribution is 2.21. The van der Waals surface area contributed by atoms with E-state index in [9.17, 15) is 0 Å². The van der Waals surface area contributed by atoms with E-state index in [1.807, 2.05) is 23.9 Å². The molecular weight excluding hydrogens is 332 g/mol. The fraction of sp³-hybridized carbons (Fsp3) is 0.474. The average Bonchev–Trinajstić information content (AvgIpc) is 3.07. The van der Waals surface area contributed by atoms with Crippen LogP contribution in [-0.4, -0.2) is 29.5 Å². The number of nitrogens with one attached hydrogen (secondary N) is 2. The van der Waals surface area contributed by atoms with E-state index >= 15 is 0 Å². The first kappa shape index (κ1) is 19.4. The largest absolute Gasteiger partial charge is 0.359 e. The summed E-state index contributed by atoms with van der Waals surface area (Å²) in [5, 5.41) is 11.2. The zero-order valence-corrected chi connectivity index (χ0v) is 16.3. The summed E-state index contributed by atoms with van der Waals surface area (Å²) in [5.74, 6) is 1.95. The molecule has 136 valence electrons. The second kappa shape index (κ2) is 10.1. The fourth-order valence-electron chi connectivity index (χ4n) is 2.19. The minimum absolute atomic E-state index is 0.365. The second-order valence-corrected chi connectivity index (χ2v) is 7.70. The topological polar surface area (TPSA) is 62.5 Å². The Bertz CT molecular complexity index is 654. The lowest BCUT2D eigenvalue weighted by Gasteiger charge is -2.15. The van der Waals surface area contributed by atoms with Crippen molar-refractivity contribution < 1.29 is 4.52 Å². The van der Waals surface area contributed by atoms with Crippen molar-refractivity contribution >= 4 is 17.7 Å². The van der Waals surface area contributed by atoms with Crippen molar-refractivity contribution in [1.82, 2.24) is 15.8 Å². The first-order valence-corrected chi connectivity index (χ1v) is 9.65. The molecule has 0 aliphatic heterocycles. The molecule has 0 aliphatic carbocycles. The van der Waals surface area contributed by atoms with Gasteiger partial charge in [-0.05, 0) is 25.0 Å². The average molecular weight is 361 g/mol. The first-order chi connectivity index (χ1) is 12.1. The highest BCUT2D eigenvalue weighted by molar-refractivity contribution is 8.00. The number of hydrogen-bond acceptors (Lipinski definition) is 4. The number of hydrogen-bond donors (Lipinski definition) is 2. The Labute approximate surface area is 154 Å². The van der Waals surface area contributed by atoms with Crippen LogP contribution in [0.2, 0.25) is 0 Å². The SMILES string of the molecule is CCNC(=NCc1cc(C(C)C)no1)NCC(C)Sc1ccccc1. The van der Waals surface area contributed by atoms with Gasteiger partial charge in [0.05, 0.1) is 5.69 Å². The van der Waals surface area contributed by atoms with Crippen molar-refractivity contribution in [3.05, 3.63) is 47.9 Å². The molecule has 0 spiro atoms. The van der Waals surface area contributed by atoms with Gasteiger partial charge < -0.3 is 15.2 Å². The van der Waals surface area contributed by atoms with Crippen LogP contribution in [0, 0.1) is 0 Å². The van der Waals surface area contributed by atoms with E-state index in [1.54, 1.807) is 0 Å². The molecule has 1 atom stereocenters. The monoisotopic (exact) mass is 360 g/mol. The van der Waals surface area contributed by atoms with Crippen LogP contribution in [0.4, 0.5) is 0 Å². The third kappa shape index (κ3) is 6.82. The van der Waals surface area contributed by atoms with E-state index in [0.717, 1.165) is 30.5 Å². The molecule has 5 nitrogen and oxygen atoms in total. The van der Waals surface area contributed by atoms with Crippen LogP contribution in [0.5, 0.6) is 0 Å². The zero-order valence-electron chi connectivity index (χ0n) is 15.5. The molecule has 0 amide bonds. The van der Waals surface area contributed by atoms with Crippen LogP contribution in [0.3, 0.4) is 0 Å². The molecule has 25 heavy (non-hydrogen) atoms. The van der Waals surface area contributed by atoms with E-state index in [-0.39, 0.29) is 0 Å². The standard InChI is InChI=1S/C19H28N4OS/c1-5-20-19(22-13-16-11-18(14(2)3)23-24-16)21-12-15(4)25-17-9-7-6-8-10-17/h6-11,14-15H,5,12-13H2,1-4H3,(H2,20,21,22). The van der Waals surface area contributed by atoms with Crippen LogP contribution >= 0.6 is 11.8 Å². The van der Waals surface area contributed by atoms with Crippen LogP contribution in [-0.2, 0) is 6.54 Å². The minimum Gasteiger partial charge on any atom is -0.359 e. The summed E-state index contributed by atoms with van der Waals surface area (Å²) in [6.07, 6.45) is 0. The second-order valence-electron chi connectivity index (χ2n) is 6.19. The lowest BCUT2D eigenvalue weighted by atomic mass is 10.1. The Morgan fingerprint density at radius 1 is 1.20 bits per heavy atom. The summed E-state index contributed by atoms with van der Waals surface area (Å²) >= 11 is 1.85. The smallest absolute Gasteiger partial charge is 0.191 e. The van der Waals surface area contributed by atoms with Gasteiger partial charge in [-0.2, -0.15) is 0 Å². The summed E-state index contributed by atoms with van der Waals surface area (Å²) in [6.45, 7) is 10.6. The molecule has 2 aromatic rings. The summed E-state index contributed by atoms with van der Waals surface area (Å²) < 4.78 is 5.34. The van der Waals surface area contributed by atoms with E-state index in [2.05, 4.69) is 72.7 Å². The van der Waals surface area contributed by atoms with Gasteiger partial charge in [0, 0.05) is 29.3 Å². The summed E-state index contributed by atoms with van der Waals surface area (Å²) in [4.78, 5) is 5.87. The Morgan fingerprint density at radius 2 is 1.96 bits per heavy atom. The number of nitrogens with zero attached hydrogens (tertiary/aromatic N) is 2. The third-order valence-electron chi connectivity index (χ3n) is 3.54. The minimum atomic E-state index is 0.365. The molecule has 1 aromatic heterocycles. The maximum Gasteiger partial charge on any atom is 0.191 e. The molecule has 1 heterocycles. The van der Waals surface area contributed by atoms with E-state index in [4.69, 9.17) is 4.52 Å². The van der Waals surface area contributed by atoms with Gasteiger partial charge in [0.2, 0.25) is 0 Å². The molecule has 0 saturated heterocycles. The van der Waals surface area contributed by atoms with Crippen molar-refractivity contribution in [1.29, 1.82) is 0 Å². The summed E-state index contributed by atoms with van der Waals surface area (Å²) in [5.41, 5.74) is 0.969. The molecule has 1 aromatic carbocycles. The van der Waals surface area contributed by atoms with Crippen molar-refractivity contribution in [3.8, 4) is 0 Å². The van der Waals surface area contributed by atoms with Gasteiger partial charge in [-0.3, -0.25) is 0 Å². The normalized spacial score (nSPS) is 13.1. The Morgan fingerprint density at radius 3 is 2.60 bits per heavy atom. The molecule has 0 bridgehead atoms. The number of guanidine groups is 1. The lowest BCUT2D eigenvalue weighted by Crippen LogP contribution is -2.40. The molecule has 2 rings (SSSR count). The molecule has 0 aliphatic rings. The zero-order chi connectivity index (χ0) is 18.1. The Kier molecular flexibility index (Phi) is 7.85. The summed E-state index contributed by atoms with van der Waals surface area (Å²) in [7, 11) is 0. The number of aromatic nitrogens is 1. The van der Waals surface area contributed by atoms with Crippen molar-refractivity contribution in [2.45, 2.75) is 50.3 Å². The molecule has 0 radical (unpaired) electrons. The fourth-order valence-corrected chi connectivity index (χ4v) is 3.13. The predicted octanol–water partition coefficient (Wildman–Crippen LogP) is 4.03. The van der Waals surface area contributed by atoms with Gasteiger partial charge >= 0.3 is 0 Å². The van der Waals surface area contributed by atoms with E-state index in [0.29, 0.717) is 17.7 Å². The Hall–Kier alpha value is -1.95.